The van der Waals surface area contributed by atoms with E-state index in [2.05, 4.69) is 13.0 Å². The summed E-state index contributed by atoms with van der Waals surface area (Å²) in [5.41, 5.74) is 6.48. The molecular weight excluding hydrogens is 174 g/mol. The van der Waals surface area contributed by atoms with Crippen LogP contribution in [0.5, 0.6) is 5.75 Å². The van der Waals surface area contributed by atoms with Crippen molar-refractivity contribution >= 4 is 0 Å². The van der Waals surface area contributed by atoms with Crippen LogP contribution in [0.1, 0.15) is 25.3 Å². The maximum Gasteiger partial charge on any atom is 0.122 e. The van der Waals surface area contributed by atoms with E-state index in [0.717, 1.165) is 25.3 Å². The molecule has 0 spiro atoms. The second-order valence-electron chi connectivity index (χ2n) is 3.35. The van der Waals surface area contributed by atoms with Crippen LogP contribution in [-0.2, 0) is 6.42 Å². The van der Waals surface area contributed by atoms with Crippen molar-refractivity contribution in [2.24, 2.45) is 5.73 Å². The normalized spacial score (nSPS) is 12.4. The minimum Gasteiger partial charge on any atom is -0.493 e. The molecule has 0 saturated carbocycles. The van der Waals surface area contributed by atoms with Crippen molar-refractivity contribution in [2.45, 2.75) is 26.2 Å². The van der Waals surface area contributed by atoms with Crippen molar-refractivity contribution in [3.8, 4) is 5.75 Å². The Morgan fingerprint density at radius 3 is 2.71 bits per heavy atom. The third kappa shape index (κ3) is 3.38. The van der Waals surface area contributed by atoms with Gasteiger partial charge in [0.05, 0.1) is 6.61 Å². The Morgan fingerprint density at radius 2 is 2.14 bits per heavy atom. The number of hydrogen-bond acceptors (Lipinski definition) is 2. The molecule has 1 aliphatic rings. The largest absolute Gasteiger partial charge is 0.493 e. The molecule has 0 atom stereocenters. The molecule has 0 amide bonds. The van der Waals surface area contributed by atoms with Gasteiger partial charge in [-0.15, -0.1) is 0 Å². The van der Waals surface area contributed by atoms with Gasteiger partial charge in [-0.25, -0.2) is 0 Å². The minimum atomic E-state index is 0.844. The maximum absolute atomic E-state index is 5.30. The van der Waals surface area contributed by atoms with Gasteiger partial charge in [0.25, 0.3) is 0 Å². The molecule has 2 N–H and O–H groups in total. The van der Waals surface area contributed by atoms with Crippen molar-refractivity contribution in [2.75, 3.05) is 13.2 Å². The Morgan fingerprint density at radius 1 is 1.36 bits per heavy atom. The lowest BCUT2D eigenvalue weighted by Gasteiger charge is -1.93. The van der Waals surface area contributed by atoms with Gasteiger partial charge < -0.3 is 10.5 Å². The summed E-state index contributed by atoms with van der Waals surface area (Å²) >= 11 is 0. The van der Waals surface area contributed by atoms with Gasteiger partial charge in [-0.1, -0.05) is 31.5 Å². The number of nitrogens with two attached hydrogens (primary N) is 1. The summed E-state index contributed by atoms with van der Waals surface area (Å²) in [7, 11) is 0. The molecular formula is C12H19NO. The van der Waals surface area contributed by atoms with Crippen LogP contribution in [0.4, 0.5) is 0 Å². The van der Waals surface area contributed by atoms with Crippen molar-refractivity contribution in [3.05, 3.63) is 29.8 Å². The van der Waals surface area contributed by atoms with E-state index in [0.29, 0.717) is 0 Å². The highest BCUT2D eigenvalue weighted by molar-refractivity contribution is 5.35. The first kappa shape index (κ1) is 11.1. The zero-order valence-electron chi connectivity index (χ0n) is 8.83. The average Bonchev–Trinajstić information content (AvgIpc) is 2.67. The van der Waals surface area contributed by atoms with Crippen LogP contribution >= 0.6 is 0 Å². The fourth-order valence-corrected chi connectivity index (χ4v) is 1.33. The van der Waals surface area contributed by atoms with Crippen LogP contribution in [0.2, 0.25) is 0 Å². The summed E-state index contributed by atoms with van der Waals surface area (Å²) in [5, 5.41) is 0. The fraction of sp³-hybridized carbons (Fsp3) is 0.500. The Bertz CT molecular complexity index is 235. The number of benzene rings is 1. The predicted octanol–water partition coefficient (Wildman–Crippen LogP) is 2.37. The zero-order valence-corrected chi connectivity index (χ0v) is 8.83. The number of fused-ring (bicyclic) bond motifs is 1. The van der Waals surface area contributed by atoms with Gasteiger partial charge in [0.1, 0.15) is 5.75 Å². The Hall–Kier alpha value is -1.02. The highest BCUT2D eigenvalue weighted by Crippen LogP contribution is 2.23. The van der Waals surface area contributed by atoms with E-state index in [4.69, 9.17) is 10.5 Å². The predicted molar refractivity (Wildman–Crippen MR) is 59.6 cm³/mol. The van der Waals surface area contributed by atoms with E-state index >= 15 is 0 Å². The van der Waals surface area contributed by atoms with E-state index in [1.807, 2.05) is 18.2 Å². The smallest absolute Gasteiger partial charge is 0.122 e. The maximum atomic E-state index is 5.30. The highest BCUT2D eigenvalue weighted by atomic mass is 16.5. The highest BCUT2D eigenvalue weighted by Gasteiger charge is 2.08. The molecule has 0 aliphatic carbocycles. The van der Waals surface area contributed by atoms with E-state index in [1.165, 1.54) is 18.4 Å². The summed E-state index contributed by atoms with van der Waals surface area (Å²) < 4.78 is 5.30. The lowest BCUT2D eigenvalue weighted by atomic mass is 10.2. The molecule has 1 heterocycles. The van der Waals surface area contributed by atoms with E-state index < -0.39 is 0 Å². The van der Waals surface area contributed by atoms with Gasteiger partial charge in [-0.05, 0) is 24.6 Å². The third-order valence-electron chi connectivity index (χ3n) is 2.16. The second kappa shape index (κ2) is 6.44. The van der Waals surface area contributed by atoms with Gasteiger partial charge in [0.2, 0.25) is 0 Å². The van der Waals surface area contributed by atoms with Gasteiger partial charge >= 0.3 is 0 Å². The minimum absolute atomic E-state index is 0.844. The first-order valence-corrected chi connectivity index (χ1v) is 5.29. The first-order chi connectivity index (χ1) is 6.88. The van der Waals surface area contributed by atoms with Gasteiger partial charge in [0.15, 0.2) is 0 Å². The lowest BCUT2D eigenvalue weighted by Crippen LogP contribution is -1.95. The lowest BCUT2D eigenvalue weighted by molar-refractivity contribution is 0.357. The Labute approximate surface area is 86.1 Å². The quantitative estimate of drug-likeness (QED) is 0.782. The third-order valence-corrected chi connectivity index (χ3v) is 2.16. The zero-order chi connectivity index (χ0) is 10.2. The number of rotatable bonds is 2. The Kier molecular flexibility index (Phi) is 5.08. The van der Waals surface area contributed by atoms with Crippen LogP contribution in [0.3, 0.4) is 0 Å². The van der Waals surface area contributed by atoms with Gasteiger partial charge in [-0.3, -0.25) is 0 Å². The van der Waals surface area contributed by atoms with Crippen molar-refractivity contribution in [1.82, 2.24) is 0 Å². The molecule has 0 unspecified atom stereocenters. The average molecular weight is 193 g/mol. The van der Waals surface area contributed by atoms with Crippen molar-refractivity contribution in [1.29, 1.82) is 0 Å². The van der Waals surface area contributed by atoms with Crippen LogP contribution in [0.15, 0.2) is 24.3 Å². The summed E-state index contributed by atoms with van der Waals surface area (Å²) in [6.45, 7) is 3.84. The summed E-state index contributed by atoms with van der Waals surface area (Å²) in [6, 6.07) is 8.18. The molecule has 0 aromatic heterocycles. The topological polar surface area (TPSA) is 35.2 Å². The van der Waals surface area contributed by atoms with Crippen LogP contribution in [-0.4, -0.2) is 13.2 Å². The fourth-order valence-electron chi connectivity index (χ4n) is 1.33. The molecule has 0 fully saturated rings. The van der Waals surface area contributed by atoms with E-state index in [9.17, 15) is 0 Å². The monoisotopic (exact) mass is 193 g/mol. The molecule has 0 radical (unpaired) electrons. The van der Waals surface area contributed by atoms with Crippen LogP contribution < -0.4 is 10.5 Å². The number of unbranched alkanes of at least 4 members (excludes halogenated alkanes) is 1. The summed E-state index contributed by atoms with van der Waals surface area (Å²) in [4.78, 5) is 0. The SMILES string of the molecule is CCCCN.c1ccc2c(c1)CCO2. The van der Waals surface area contributed by atoms with Crippen molar-refractivity contribution in [3.63, 3.8) is 0 Å². The standard InChI is InChI=1S/C8H8O.C4H11N/c1-2-4-8-7(3-1)5-6-9-8;1-2-3-4-5/h1-4H,5-6H2;2-5H2,1H3. The number of ether oxygens (including phenoxy) is 1. The molecule has 0 saturated heterocycles. The molecule has 78 valence electrons. The van der Waals surface area contributed by atoms with Gasteiger partial charge in [0, 0.05) is 6.42 Å². The van der Waals surface area contributed by atoms with E-state index in [1.54, 1.807) is 0 Å². The molecule has 2 rings (SSSR count). The summed E-state index contributed by atoms with van der Waals surface area (Å²) in [5.74, 6) is 1.07. The molecule has 1 aromatic carbocycles. The first-order valence-electron chi connectivity index (χ1n) is 5.29. The molecule has 2 heteroatoms. The molecule has 1 aliphatic heterocycles. The summed E-state index contributed by atoms with van der Waals surface area (Å²) in [6.07, 6.45) is 3.46. The van der Waals surface area contributed by atoms with E-state index in [-0.39, 0.29) is 0 Å². The van der Waals surface area contributed by atoms with Crippen LogP contribution in [0, 0.1) is 0 Å². The Balaban J connectivity index is 0.000000171. The van der Waals surface area contributed by atoms with Gasteiger partial charge in [-0.2, -0.15) is 0 Å². The molecule has 1 aromatic rings. The number of para-hydroxylation sites is 1. The van der Waals surface area contributed by atoms with Crippen molar-refractivity contribution < 1.29 is 4.74 Å². The van der Waals surface area contributed by atoms with Crippen LogP contribution in [0.25, 0.3) is 0 Å². The number of hydrogen-bond donors (Lipinski definition) is 1. The molecule has 14 heavy (non-hydrogen) atoms. The molecule has 2 nitrogen and oxygen atoms in total. The molecule has 0 bridgehead atoms. The second-order valence-corrected chi connectivity index (χ2v) is 3.35.